The van der Waals surface area contributed by atoms with E-state index in [1.54, 1.807) is 67.5 Å². The molecule has 88 heavy (non-hydrogen) atoms. The summed E-state index contributed by atoms with van der Waals surface area (Å²) in [6.07, 6.45) is 10.3. The van der Waals surface area contributed by atoms with Crippen molar-refractivity contribution >= 4 is 85.0 Å². The van der Waals surface area contributed by atoms with Crippen molar-refractivity contribution in [2.24, 2.45) is 5.73 Å². The topological polar surface area (TPSA) is 234 Å². The molecule has 6 aromatic heterocycles. The molecule has 5 aromatic carbocycles. The van der Waals surface area contributed by atoms with Gasteiger partial charge in [-0.2, -0.15) is 13.2 Å². The number of amides is 3. The minimum atomic E-state index is -4.51. The number of pyridine rings is 3. The number of benzene rings is 5. The second-order valence-electron chi connectivity index (χ2n) is 20.4. The van der Waals surface area contributed by atoms with Crippen molar-refractivity contribution in [2.45, 2.75) is 46.3 Å². The highest BCUT2D eigenvalue weighted by molar-refractivity contribution is 7.14. The van der Waals surface area contributed by atoms with Gasteiger partial charge in [-0.1, -0.05) is 36.4 Å². The van der Waals surface area contributed by atoms with E-state index in [0.29, 0.717) is 27.9 Å². The van der Waals surface area contributed by atoms with Crippen molar-refractivity contribution in [3.63, 3.8) is 0 Å². The van der Waals surface area contributed by atoms with Crippen molar-refractivity contribution in [1.82, 2.24) is 39.8 Å². The largest absolute Gasteiger partial charge is 0.416 e. The van der Waals surface area contributed by atoms with E-state index in [1.165, 1.54) is 53.2 Å². The van der Waals surface area contributed by atoms with Gasteiger partial charge in [-0.15, -0.1) is 22.7 Å². The van der Waals surface area contributed by atoms with Gasteiger partial charge in [0.1, 0.15) is 0 Å². The number of carbonyl (C=O) groups is 3. The Balaban J connectivity index is 0.000000149. The zero-order valence-electron chi connectivity index (χ0n) is 47.9. The van der Waals surface area contributed by atoms with E-state index in [2.05, 4.69) is 66.4 Å². The number of nitrogens with zero attached hydrogens (tertiary/aromatic N) is 7. The molecule has 0 aliphatic carbocycles. The van der Waals surface area contributed by atoms with Gasteiger partial charge in [0.2, 0.25) is 11.9 Å². The summed E-state index contributed by atoms with van der Waals surface area (Å²) < 4.78 is 38.8. The Kier molecular flexibility index (Phi) is 19.4. The molecule has 3 amide bonds. The maximum Gasteiger partial charge on any atom is 0.416 e. The number of carbonyl (C=O) groups excluding carboxylic acids is 3. The number of aryl methyl sites for hydroxylation is 3. The van der Waals surface area contributed by atoms with Gasteiger partial charge in [-0.25, -0.2) is 15.0 Å². The standard InChI is InChI=1S/C27H28N6O.C23H17F3N4OS.C16H14N4OS/c1-19-6-11-23(15-24(19)31-27-29-17-25(32-27)22-5-4-12-28-16-22)30-26(34)21-9-7-20(8-10-21)18-33-13-2-3-14-33;1-14-7-8-18(28-21(31)15-4-2-6-17(10-15)23(24,25)26)11-19(14)29-22-30-20(13-32-22)16-5-3-9-27-12-16;1-10-4-5-11(15(17)21)7-13(10)19-16-20-14(9-22-16)12-3-2-6-18-8-12/h4-12,15-17H,2-3,13-14,18H2,1H3,(H,30,34)(H2,29,31,32);2-13H,1H3,(H,28,31)(H,29,30);2-9H,1H3,(H2,17,21)(H,19,20). The smallest absolute Gasteiger partial charge is 0.366 e. The van der Waals surface area contributed by atoms with E-state index < -0.39 is 23.6 Å². The van der Waals surface area contributed by atoms with E-state index in [-0.39, 0.29) is 11.5 Å². The first-order valence-electron chi connectivity index (χ1n) is 27.8. The van der Waals surface area contributed by atoms with Crippen molar-refractivity contribution in [2.75, 3.05) is 39.7 Å². The SMILES string of the molecule is Cc1ccc(C(N)=O)cc1Nc1nc(-c2cccnc2)cs1.Cc1ccc(NC(=O)c2ccc(CN3CCCC3)cc2)cc1Nc1nc(-c2cccnc2)c[nH]1.Cc1ccc(NC(=O)c2cccc(C(F)(F)F)c2)cc1Nc1nc(-c2cccnc2)cs1. The Morgan fingerprint density at radius 3 is 1.58 bits per heavy atom. The first-order chi connectivity index (χ1) is 42.6. The third-order valence-electron chi connectivity index (χ3n) is 14.0. The molecule has 0 spiro atoms. The summed E-state index contributed by atoms with van der Waals surface area (Å²) in [4.78, 5) is 68.2. The van der Waals surface area contributed by atoms with Crippen LogP contribution in [0.5, 0.6) is 0 Å². The molecule has 1 saturated heterocycles. The molecule has 8 N–H and O–H groups in total. The number of nitrogens with two attached hydrogens (primary N) is 1. The average molecular weight is 1220 g/mol. The van der Waals surface area contributed by atoms with E-state index in [1.807, 2.05) is 123 Å². The summed E-state index contributed by atoms with van der Waals surface area (Å²) in [5.41, 5.74) is 18.6. The predicted octanol–water partition coefficient (Wildman–Crippen LogP) is 15.3. The fourth-order valence-corrected chi connectivity index (χ4v) is 10.6. The molecule has 0 radical (unpaired) electrons. The van der Waals surface area contributed by atoms with Crippen LogP contribution in [0.3, 0.4) is 0 Å². The van der Waals surface area contributed by atoms with Crippen LogP contribution in [0.4, 0.5) is 57.8 Å². The Labute approximate surface area is 513 Å². The number of imidazole rings is 1. The molecular formula is C66H59F3N14O3S2. The summed E-state index contributed by atoms with van der Waals surface area (Å²) in [5, 5.41) is 20.7. The Morgan fingerprint density at radius 2 is 1.06 bits per heavy atom. The van der Waals surface area contributed by atoms with Gasteiger partial charge in [0.25, 0.3) is 11.8 Å². The van der Waals surface area contributed by atoms with Crippen LogP contribution in [0.2, 0.25) is 0 Å². The molecule has 12 rings (SSSR count). The number of anilines is 8. The number of alkyl halides is 3. The molecule has 22 heteroatoms. The number of primary amides is 1. The molecule has 17 nitrogen and oxygen atoms in total. The number of aromatic amines is 1. The van der Waals surface area contributed by atoms with Crippen LogP contribution in [-0.2, 0) is 12.7 Å². The third-order valence-corrected chi connectivity index (χ3v) is 15.5. The number of likely N-dealkylation sites (tertiary alicyclic amines) is 1. The molecule has 11 aromatic rings. The van der Waals surface area contributed by atoms with Gasteiger partial charge in [-0.3, -0.25) is 34.2 Å². The molecule has 1 aliphatic heterocycles. The van der Waals surface area contributed by atoms with Crippen LogP contribution >= 0.6 is 22.7 Å². The van der Waals surface area contributed by atoms with E-state index in [9.17, 15) is 27.6 Å². The lowest BCUT2D eigenvalue weighted by molar-refractivity contribution is -0.137. The summed E-state index contributed by atoms with van der Waals surface area (Å²) in [7, 11) is 0. The Hall–Kier alpha value is -10.4. The van der Waals surface area contributed by atoms with Crippen molar-refractivity contribution in [3.05, 3.63) is 238 Å². The number of rotatable bonds is 16. The fourth-order valence-electron chi connectivity index (χ4n) is 9.14. The van der Waals surface area contributed by atoms with Crippen LogP contribution in [-0.4, -0.2) is 70.6 Å². The number of nitrogens with one attached hydrogen (secondary N) is 6. The predicted molar refractivity (Wildman–Crippen MR) is 343 cm³/mol. The van der Waals surface area contributed by atoms with Gasteiger partial charge in [0, 0.05) is 123 Å². The lowest BCUT2D eigenvalue weighted by atomic mass is 10.1. The second kappa shape index (κ2) is 28.2. The van der Waals surface area contributed by atoms with E-state index in [4.69, 9.17) is 5.73 Å². The van der Waals surface area contributed by atoms with Crippen molar-refractivity contribution < 1.29 is 27.6 Å². The number of halogens is 3. The summed E-state index contributed by atoms with van der Waals surface area (Å²) in [5.74, 6) is -0.573. The summed E-state index contributed by atoms with van der Waals surface area (Å²) in [6.45, 7) is 9.14. The normalized spacial score (nSPS) is 12.0. The van der Waals surface area contributed by atoms with E-state index >= 15 is 0 Å². The second-order valence-corrected chi connectivity index (χ2v) is 22.1. The molecule has 0 saturated carbocycles. The van der Waals surface area contributed by atoms with Crippen molar-refractivity contribution in [3.8, 4) is 33.8 Å². The van der Waals surface area contributed by atoms with Gasteiger partial charge < -0.3 is 37.3 Å². The molecular weight excluding hydrogens is 1160 g/mol. The first kappa shape index (κ1) is 60.7. The van der Waals surface area contributed by atoms with Crippen LogP contribution < -0.4 is 32.3 Å². The molecule has 0 unspecified atom stereocenters. The highest BCUT2D eigenvalue weighted by Gasteiger charge is 2.31. The fraction of sp³-hybridized carbons (Fsp3) is 0.136. The maximum absolute atomic E-state index is 12.9. The highest BCUT2D eigenvalue weighted by atomic mass is 32.1. The average Bonchev–Trinajstić information content (AvgIpc) is 4.49. The van der Waals surface area contributed by atoms with E-state index in [0.717, 1.165) is 110 Å². The third kappa shape index (κ3) is 16.3. The monoisotopic (exact) mass is 1220 g/mol. The van der Waals surface area contributed by atoms with Crippen LogP contribution in [0.15, 0.2) is 194 Å². The number of aromatic nitrogens is 7. The molecule has 0 bridgehead atoms. The van der Waals surface area contributed by atoms with Crippen LogP contribution in [0, 0.1) is 20.8 Å². The number of hydrogen-bond donors (Lipinski definition) is 7. The van der Waals surface area contributed by atoms with Crippen LogP contribution in [0.1, 0.15) is 71.7 Å². The van der Waals surface area contributed by atoms with Gasteiger partial charge in [0.05, 0.1) is 22.6 Å². The van der Waals surface area contributed by atoms with Crippen molar-refractivity contribution in [1.29, 1.82) is 0 Å². The van der Waals surface area contributed by atoms with Gasteiger partial charge in [0.15, 0.2) is 10.3 Å². The molecule has 1 fully saturated rings. The number of thiazole rings is 2. The molecule has 1 aliphatic rings. The van der Waals surface area contributed by atoms with Gasteiger partial charge >= 0.3 is 6.18 Å². The highest BCUT2D eigenvalue weighted by Crippen LogP contribution is 2.33. The number of H-pyrrole nitrogens is 1. The lowest BCUT2D eigenvalue weighted by Crippen LogP contribution is -2.18. The maximum atomic E-state index is 12.9. The zero-order chi connectivity index (χ0) is 61.6. The Morgan fingerprint density at radius 1 is 0.557 bits per heavy atom. The minimum Gasteiger partial charge on any atom is -0.366 e. The quantitative estimate of drug-likeness (QED) is 0.0478. The van der Waals surface area contributed by atoms with Gasteiger partial charge in [-0.05, 0) is 172 Å². The molecule has 7 heterocycles. The lowest BCUT2D eigenvalue weighted by Gasteiger charge is -2.15. The number of hydrogen-bond acceptors (Lipinski definition) is 15. The minimum absolute atomic E-state index is 0.0732. The van der Waals surface area contributed by atoms with Crippen LogP contribution in [0.25, 0.3) is 33.8 Å². The molecule has 444 valence electrons. The zero-order valence-corrected chi connectivity index (χ0v) is 49.5. The first-order valence-corrected chi connectivity index (χ1v) is 29.5. The summed E-state index contributed by atoms with van der Waals surface area (Å²) >= 11 is 2.92. The summed E-state index contributed by atoms with van der Waals surface area (Å²) in [6, 6.07) is 40.0. The molecule has 0 atom stereocenters. The Bertz CT molecular complexity index is 4180.